The molecule has 7 heteroatoms. The number of benzene rings is 2. The van der Waals surface area contributed by atoms with Gasteiger partial charge in [-0.3, -0.25) is 4.79 Å². The van der Waals surface area contributed by atoms with E-state index in [2.05, 4.69) is 5.32 Å². The van der Waals surface area contributed by atoms with Gasteiger partial charge in [-0.15, -0.1) is 0 Å². The molecule has 1 fully saturated rings. The maximum Gasteiger partial charge on any atom is 0.243 e. The summed E-state index contributed by atoms with van der Waals surface area (Å²) in [5, 5.41) is 2.93. The van der Waals surface area contributed by atoms with Gasteiger partial charge in [0.25, 0.3) is 0 Å². The molecule has 0 radical (unpaired) electrons. The molecular weight excluding hydrogens is 400 g/mol. The average molecular weight is 431 g/mol. The number of hydrogen-bond acceptors (Lipinski definition) is 4. The molecule has 3 rings (SSSR count). The minimum absolute atomic E-state index is 0.0731. The zero-order valence-corrected chi connectivity index (χ0v) is 18.8. The minimum Gasteiger partial charge on any atom is -0.491 e. The van der Waals surface area contributed by atoms with Gasteiger partial charge in [0.05, 0.1) is 11.0 Å². The highest BCUT2D eigenvalue weighted by Gasteiger charge is 2.32. The predicted octanol–water partition coefficient (Wildman–Crippen LogP) is 4.13. The highest BCUT2D eigenvalue weighted by Crippen LogP contribution is 2.27. The molecule has 30 heavy (non-hydrogen) atoms. The Labute approximate surface area is 179 Å². The number of anilines is 1. The summed E-state index contributed by atoms with van der Waals surface area (Å²) >= 11 is 0. The summed E-state index contributed by atoms with van der Waals surface area (Å²) in [6, 6.07) is 12.7. The van der Waals surface area contributed by atoms with Crippen LogP contribution in [-0.4, -0.2) is 37.8 Å². The van der Waals surface area contributed by atoms with Crippen LogP contribution in [0.2, 0.25) is 0 Å². The number of amides is 1. The molecule has 162 valence electrons. The van der Waals surface area contributed by atoms with E-state index in [0.29, 0.717) is 36.5 Å². The largest absolute Gasteiger partial charge is 0.491 e. The van der Waals surface area contributed by atoms with Gasteiger partial charge in [0.1, 0.15) is 5.75 Å². The van der Waals surface area contributed by atoms with E-state index in [-0.39, 0.29) is 17.9 Å². The zero-order chi connectivity index (χ0) is 21.9. The number of nitrogens with zero attached hydrogens (tertiary/aromatic N) is 1. The molecule has 0 aromatic heterocycles. The maximum absolute atomic E-state index is 13.0. The Kier molecular flexibility index (Phi) is 6.83. The first-order chi connectivity index (χ1) is 14.2. The van der Waals surface area contributed by atoms with Crippen LogP contribution >= 0.6 is 0 Å². The molecular formula is C23H30N2O4S. The van der Waals surface area contributed by atoms with E-state index in [4.69, 9.17) is 4.74 Å². The third kappa shape index (κ3) is 5.21. The summed E-state index contributed by atoms with van der Waals surface area (Å²) in [6.07, 6.45) is 1.10. The molecule has 0 saturated carbocycles. The second-order valence-corrected chi connectivity index (χ2v) is 10.0. The first-order valence-corrected chi connectivity index (χ1v) is 11.8. The molecule has 6 nitrogen and oxygen atoms in total. The number of rotatable bonds is 6. The van der Waals surface area contributed by atoms with E-state index in [0.717, 1.165) is 16.9 Å². The van der Waals surface area contributed by atoms with Gasteiger partial charge in [0.15, 0.2) is 0 Å². The van der Waals surface area contributed by atoms with E-state index in [1.54, 1.807) is 6.07 Å². The Hall–Kier alpha value is -2.38. The number of carbonyl (C=O) groups excluding carboxylic acids is 1. The Morgan fingerprint density at radius 2 is 1.70 bits per heavy atom. The van der Waals surface area contributed by atoms with Gasteiger partial charge in [-0.05, 0) is 76.4 Å². The van der Waals surface area contributed by atoms with Crippen molar-refractivity contribution in [2.24, 2.45) is 5.92 Å². The maximum atomic E-state index is 13.0. The van der Waals surface area contributed by atoms with Gasteiger partial charge in [-0.1, -0.05) is 17.7 Å². The van der Waals surface area contributed by atoms with Crippen LogP contribution in [0.4, 0.5) is 5.69 Å². The smallest absolute Gasteiger partial charge is 0.243 e. The van der Waals surface area contributed by atoms with Gasteiger partial charge in [0.2, 0.25) is 15.9 Å². The van der Waals surface area contributed by atoms with Gasteiger partial charge in [0, 0.05) is 24.7 Å². The number of sulfonamides is 1. The van der Waals surface area contributed by atoms with Crippen molar-refractivity contribution in [3.63, 3.8) is 0 Å². The van der Waals surface area contributed by atoms with Crippen LogP contribution in [0.3, 0.4) is 0 Å². The van der Waals surface area contributed by atoms with E-state index < -0.39 is 10.0 Å². The van der Waals surface area contributed by atoms with E-state index >= 15 is 0 Å². The molecule has 1 heterocycles. The van der Waals surface area contributed by atoms with Crippen molar-refractivity contribution in [1.82, 2.24) is 4.31 Å². The number of ether oxygens (including phenoxy) is 1. The summed E-state index contributed by atoms with van der Waals surface area (Å²) in [5.41, 5.74) is 2.49. The lowest BCUT2D eigenvalue weighted by molar-refractivity contribution is -0.120. The molecule has 1 amide bonds. The first-order valence-electron chi connectivity index (χ1n) is 10.3. The summed E-state index contributed by atoms with van der Waals surface area (Å²) in [7, 11) is -3.54. The minimum atomic E-state index is -3.54. The van der Waals surface area contributed by atoms with Gasteiger partial charge < -0.3 is 10.1 Å². The predicted molar refractivity (Wildman–Crippen MR) is 118 cm³/mol. The van der Waals surface area contributed by atoms with Gasteiger partial charge >= 0.3 is 0 Å². The fourth-order valence-electron chi connectivity index (χ4n) is 3.72. The lowest BCUT2D eigenvalue weighted by Gasteiger charge is -2.31. The Morgan fingerprint density at radius 3 is 2.27 bits per heavy atom. The van der Waals surface area contributed by atoms with Crippen molar-refractivity contribution >= 4 is 21.6 Å². The summed E-state index contributed by atoms with van der Waals surface area (Å²) < 4.78 is 33.1. The van der Waals surface area contributed by atoms with Crippen molar-refractivity contribution < 1.29 is 17.9 Å². The summed E-state index contributed by atoms with van der Waals surface area (Å²) in [4.78, 5) is 13.0. The highest BCUT2D eigenvalue weighted by molar-refractivity contribution is 7.89. The second kappa shape index (κ2) is 9.18. The number of nitrogens with one attached hydrogen (secondary N) is 1. The molecule has 0 spiro atoms. The molecule has 1 aliphatic heterocycles. The second-order valence-electron chi connectivity index (χ2n) is 8.13. The van der Waals surface area contributed by atoms with Crippen molar-refractivity contribution in [3.05, 3.63) is 53.6 Å². The first kappa shape index (κ1) is 22.3. The molecule has 1 N–H and O–H groups in total. The standard InChI is InChI=1S/C23H30N2O4S/c1-16(2)29-21-8-6-20(7-9-21)24-23(26)19-11-13-25(14-12-19)30(27,28)22-10-5-17(3)15-18(22)4/h5-10,15-16,19H,11-14H2,1-4H3,(H,24,26). The topological polar surface area (TPSA) is 75.7 Å². The SMILES string of the molecule is Cc1ccc(S(=O)(=O)N2CCC(C(=O)Nc3ccc(OC(C)C)cc3)CC2)c(C)c1. The fourth-order valence-corrected chi connectivity index (χ4v) is 5.40. The van der Waals surface area contributed by atoms with Crippen LogP contribution in [0, 0.1) is 19.8 Å². The molecule has 1 aliphatic rings. The summed E-state index contributed by atoms with van der Waals surface area (Å²) in [5.74, 6) is 0.478. The van der Waals surface area contributed by atoms with Crippen LogP contribution < -0.4 is 10.1 Å². The third-order valence-corrected chi connectivity index (χ3v) is 7.33. The van der Waals surface area contributed by atoms with Crippen molar-refractivity contribution in [2.75, 3.05) is 18.4 Å². The van der Waals surface area contributed by atoms with Crippen molar-refractivity contribution in [1.29, 1.82) is 0 Å². The van der Waals surface area contributed by atoms with Gasteiger partial charge in [-0.2, -0.15) is 4.31 Å². The van der Waals surface area contributed by atoms with Crippen molar-refractivity contribution in [2.45, 2.75) is 51.5 Å². The van der Waals surface area contributed by atoms with Crippen LogP contribution in [0.5, 0.6) is 5.75 Å². The quantitative estimate of drug-likeness (QED) is 0.748. The normalized spacial score (nSPS) is 15.9. The van der Waals surface area contributed by atoms with Crippen LogP contribution in [0.1, 0.15) is 37.8 Å². The molecule has 2 aromatic rings. The Morgan fingerprint density at radius 1 is 1.07 bits per heavy atom. The van der Waals surface area contributed by atoms with E-state index in [1.165, 1.54) is 4.31 Å². The monoisotopic (exact) mass is 430 g/mol. The van der Waals surface area contributed by atoms with Crippen molar-refractivity contribution in [3.8, 4) is 5.75 Å². The van der Waals surface area contributed by atoms with E-state index in [9.17, 15) is 13.2 Å². The molecule has 2 aromatic carbocycles. The number of hydrogen-bond donors (Lipinski definition) is 1. The molecule has 1 saturated heterocycles. The Bertz CT molecular complexity index is 992. The third-order valence-electron chi connectivity index (χ3n) is 5.27. The zero-order valence-electron chi connectivity index (χ0n) is 18.0. The van der Waals surface area contributed by atoms with E-state index in [1.807, 2.05) is 64.1 Å². The molecule has 0 aliphatic carbocycles. The molecule has 0 bridgehead atoms. The highest BCUT2D eigenvalue weighted by atomic mass is 32.2. The van der Waals surface area contributed by atoms with Gasteiger partial charge in [-0.25, -0.2) is 8.42 Å². The average Bonchev–Trinajstić information content (AvgIpc) is 2.69. The molecule has 0 unspecified atom stereocenters. The lowest BCUT2D eigenvalue weighted by atomic mass is 9.97. The number of aryl methyl sites for hydroxylation is 2. The Balaban J connectivity index is 1.59. The lowest BCUT2D eigenvalue weighted by Crippen LogP contribution is -2.41. The van der Waals surface area contributed by atoms with Crippen LogP contribution in [0.15, 0.2) is 47.4 Å². The molecule has 0 atom stereocenters. The van der Waals surface area contributed by atoms with Crippen LogP contribution in [-0.2, 0) is 14.8 Å². The van der Waals surface area contributed by atoms with Crippen LogP contribution in [0.25, 0.3) is 0 Å². The number of piperidine rings is 1. The summed E-state index contributed by atoms with van der Waals surface area (Å²) in [6.45, 7) is 8.37. The fraction of sp³-hybridized carbons (Fsp3) is 0.435. The number of carbonyl (C=O) groups is 1.